The van der Waals surface area contributed by atoms with Crippen molar-refractivity contribution in [3.05, 3.63) is 42.1 Å². The van der Waals surface area contributed by atoms with Crippen molar-refractivity contribution in [3.8, 4) is 11.3 Å². The predicted octanol–water partition coefficient (Wildman–Crippen LogP) is 1.79. The van der Waals surface area contributed by atoms with E-state index in [1.165, 1.54) is 0 Å². The number of carbonyl (C=O) groups excluding carboxylic acids is 1. The monoisotopic (exact) mass is 350 g/mol. The van der Waals surface area contributed by atoms with E-state index in [2.05, 4.69) is 20.7 Å². The average molecular weight is 351 g/mol. The van der Waals surface area contributed by atoms with Crippen molar-refractivity contribution in [1.82, 2.24) is 20.7 Å². The summed E-state index contributed by atoms with van der Waals surface area (Å²) < 4.78 is 5.25. The molecule has 2 aromatic rings. The van der Waals surface area contributed by atoms with Crippen LogP contribution in [0.2, 0.25) is 0 Å². The molecular formula is C17H23ClN4O2. The molecular weight excluding hydrogens is 328 g/mol. The highest BCUT2D eigenvalue weighted by atomic mass is 35.5. The Morgan fingerprint density at radius 1 is 1.25 bits per heavy atom. The highest BCUT2D eigenvalue weighted by Crippen LogP contribution is 2.19. The van der Waals surface area contributed by atoms with Gasteiger partial charge in [-0.05, 0) is 13.0 Å². The molecule has 0 spiro atoms. The first-order valence-corrected chi connectivity index (χ1v) is 8.06. The van der Waals surface area contributed by atoms with Crippen molar-refractivity contribution < 1.29 is 9.32 Å². The lowest BCUT2D eigenvalue weighted by Crippen LogP contribution is -2.44. The molecule has 1 aromatic heterocycles. The molecule has 1 aliphatic rings. The summed E-state index contributed by atoms with van der Waals surface area (Å²) in [5, 5.41) is 10.1. The minimum Gasteiger partial charge on any atom is -0.355 e. The number of aromatic nitrogens is 1. The Hall–Kier alpha value is -1.89. The maximum Gasteiger partial charge on any atom is 0.273 e. The number of piperazine rings is 1. The summed E-state index contributed by atoms with van der Waals surface area (Å²) in [5.41, 5.74) is 1.24. The molecule has 0 unspecified atom stereocenters. The largest absolute Gasteiger partial charge is 0.355 e. The topological polar surface area (TPSA) is 70.4 Å². The van der Waals surface area contributed by atoms with Gasteiger partial charge in [-0.3, -0.25) is 4.79 Å². The number of carbonyl (C=O) groups is 1. The lowest BCUT2D eigenvalue weighted by Gasteiger charge is -2.26. The molecule has 3 rings (SSSR count). The molecule has 1 aromatic carbocycles. The molecule has 0 atom stereocenters. The van der Waals surface area contributed by atoms with Crippen LogP contribution >= 0.6 is 12.4 Å². The molecule has 24 heavy (non-hydrogen) atoms. The summed E-state index contributed by atoms with van der Waals surface area (Å²) in [7, 11) is 0. The smallest absolute Gasteiger partial charge is 0.273 e. The van der Waals surface area contributed by atoms with E-state index < -0.39 is 0 Å². The number of hydrogen-bond donors (Lipinski definition) is 2. The van der Waals surface area contributed by atoms with E-state index in [0.29, 0.717) is 18.0 Å². The number of nitrogens with one attached hydrogen (secondary N) is 2. The minimum absolute atomic E-state index is 0. The molecule has 1 saturated heterocycles. The molecule has 7 heteroatoms. The van der Waals surface area contributed by atoms with Crippen LogP contribution in [0.25, 0.3) is 11.3 Å². The van der Waals surface area contributed by atoms with Crippen LogP contribution < -0.4 is 10.6 Å². The third kappa shape index (κ3) is 5.06. The molecule has 0 radical (unpaired) electrons. The molecule has 6 nitrogen and oxygen atoms in total. The van der Waals surface area contributed by atoms with Gasteiger partial charge in [-0.2, -0.15) is 0 Å². The number of hydrogen-bond acceptors (Lipinski definition) is 5. The average Bonchev–Trinajstić information content (AvgIpc) is 3.10. The lowest BCUT2D eigenvalue weighted by atomic mass is 10.1. The Bertz CT molecular complexity index is 627. The molecule has 1 fully saturated rings. The number of nitrogens with zero attached hydrogens (tertiary/aromatic N) is 2. The molecule has 0 saturated carbocycles. The van der Waals surface area contributed by atoms with E-state index in [4.69, 9.17) is 4.52 Å². The fourth-order valence-electron chi connectivity index (χ4n) is 2.65. The number of benzene rings is 1. The van der Waals surface area contributed by atoms with Gasteiger partial charge >= 0.3 is 0 Å². The Balaban J connectivity index is 0.00000208. The molecule has 1 aliphatic heterocycles. The third-order valence-corrected chi connectivity index (χ3v) is 3.95. The third-order valence-electron chi connectivity index (χ3n) is 3.95. The van der Waals surface area contributed by atoms with Crippen molar-refractivity contribution in [1.29, 1.82) is 0 Å². The molecule has 0 bridgehead atoms. The first-order valence-electron chi connectivity index (χ1n) is 8.06. The van der Waals surface area contributed by atoms with Crippen LogP contribution in [0.5, 0.6) is 0 Å². The molecule has 0 aliphatic carbocycles. The van der Waals surface area contributed by atoms with Gasteiger partial charge in [0, 0.05) is 44.4 Å². The van der Waals surface area contributed by atoms with Crippen LogP contribution in [0, 0.1) is 0 Å². The summed E-state index contributed by atoms with van der Waals surface area (Å²) in [4.78, 5) is 14.5. The van der Waals surface area contributed by atoms with Gasteiger partial charge in [0.2, 0.25) is 0 Å². The minimum atomic E-state index is -0.184. The highest BCUT2D eigenvalue weighted by Gasteiger charge is 2.13. The van der Waals surface area contributed by atoms with E-state index in [9.17, 15) is 4.79 Å². The Morgan fingerprint density at radius 3 is 2.75 bits per heavy atom. The van der Waals surface area contributed by atoms with Gasteiger partial charge in [0.05, 0.1) is 0 Å². The summed E-state index contributed by atoms with van der Waals surface area (Å²) >= 11 is 0. The van der Waals surface area contributed by atoms with Crippen LogP contribution in [0.15, 0.2) is 40.9 Å². The second kappa shape index (κ2) is 9.42. The standard InChI is InChI=1S/C17H22N4O2.ClH/c22-17(19-7-4-10-21-11-8-18-9-12-21)15-13-16(23-20-15)14-5-2-1-3-6-14;/h1-3,5-6,13,18H,4,7-12H2,(H,19,22);1H. The zero-order valence-electron chi connectivity index (χ0n) is 13.5. The maximum atomic E-state index is 12.1. The fraction of sp³-hybridized carbons (Fsp3) is 0.412. The lowest BCUT2D eigenvalue weighted by molar-refractivity contribution is 0.0942. The van der Waals surface area contributed by atoms with Crippen molar-refractivity contribution in [2.45, 2.75) is 6.42 Å². The fourth-order valence-corrected chi connectivity index (χ4v) is 2.65. The van der Waals surface area contributed by atoms with Crippen LogP contribution in [0.1, 0.15) is 16.9 Å². The van der Waals surface area contributed by atoms with Crippen LogP contribution in [-0.2, 0) is 0 Å². The molecule has 2 N–H and O–H groups in total. The van der Waals surface area contributed by atoms with E-state index >= 15 is 0 Å². The SMILES string of the molecule is Cl.O=C(NCCCN1CCNCC1)c1cc(-c2ccccc2)on1. The molecule has 1 amide bonds. The predicted molar refractivity (Wildman–Crippen MR) is 95.4 cm³/mol. The summed E-state index contributed by atoms with van der Waals surface area (Å²) in [5.74, 6) is 0.424. The molecule has 130 valence electrons. The maximum absolute atomic E-state index is 12.1. The van der Waals surface area contributed by atoms with Gasteiger partial charge in [0.25, 0.3) is 5.91 Å². The summed E-state index contributed by atoms with van der Waals surface area (Å²) in [6.45, 7) is 5.92. The summed E-state index contributed by atoms with van der Waals surface area (Å²) in [6.07, 6.45) is 0.940. The number of amides is 1. The zero-order chi connectivity index (χ0) is 15.9. The number of halogens is 1. The van der Waals surface area contributed by atoms with Gasteiger partial charge < -0.3 is 20.1 Å². The second-order valence-electron chi connectivity index (χ2n) is 5.64. The Labute approximate surface area is 148 Å². The van der Waals surface area contributed by atoms with Crippen molar-refractivity contribution >= 4 is 18.3 Å². The van der Waals surface area contributed by atoms with Gasteiger partial charge in [-0.1, -0.05) is 35.5 Å². The normalized spacial score (nSPS) is 14.8. The molecule has 2 heterocycles. The highest BCUT2D eigenvalue weighted by molar-refractivity contribution is 5.93. The van der Waals surface area contributed by atoms with E-state index in [1.807, 2.05) is 30.3 Å². The van der Waals surface area contributed by atoms with E-state index in [0.717, 1.165) is 44.7 Å². The quantitative estimate of drug-likeness (QED) is 0.777. The van der Waals surface area contributed by atoms with Gasteiger partial charge in [-0.15, -0.1) is 12.4 Å². The van der Waals surface area contributed by atoms with Crippen molar-refractivity contribution in [2.24, 2.45) is 0 Å². The van der Waals surface area contributed by atoms with Gasteiger partial charge in [0.1, 0.15) is 0 Å². The van der Waals surface area contributed by atoms with Crippen LogP contribution in [0.3, 0.4) is 0 Å². The van der Waals surface area contributed by atoms with E-state index in [1.54, 1.807) is 6.07 Å². The first kappa shape index (κ1) is 18.4. The second-order valence-corrected chi connectivity index (χ2v) is 5.64. The zero-order valence-corrected chi connectivity index (χ0v) is 14.3. The number of rotatable bonds is 6. The van der Waals surface area contributed by atoms with Crippen LogP contribution in [-0.4, -0.2) is 55.2 Å². The Kier molecular flexibility index (Phi) is 7.24. The van der Waals surface area contributed by atoms with Crippen molar-refractivity contribution in [3.63, 3.8) is 0 Å². The van der Waals surface area contributed by atoms with E-state index in [-0.39, 0.29) is 18.3 Å². The van der Waals surface area contributed by atoms with Gasteiger partial charge in [0.15, 0.2) is 11.5 Å². The Morgan fingerprint density at radius 2 is 2.00 bits per heavy atom. The summed E-state index contributed by atoms with van der Waals surface area (Å²) in [6, 6.07) is 11.3. The van der Waals surface area contributed by atoms with Crippen LogP contribution in [0.4, 0.5) is 0 Å². The van der Waals surface area contributed by atoms with Crippen molar-refractivity contribution in [2.75, 3.05) is 39.3 Å². The first-order chi connectivity index (χ1) is 11.3. The van der Waals surface area contributed by atoms with Gasteiger partial charge in [-0.25, -0.2) is 0 Å².